The molecule has 4 fully saturated rings. The van der Waals surface area contributed by atoms with Crippen molar-refractivity contribution < 1.29 is 9.90 Å². The normalized spacial score (nSPS) is 44.8. The molecule has 2 heterocycles. The zero-order valence-corrected chi connectivity index (χ0v) is 20.3. The Kier molecular flexibility index (Phi) is 4.82. The number of ketones is 1. The highest BCUT2D eigenvalue weighted by Gasteiger charge is 2.61. The standard InChI is InChI=1S/C27H38N4O2/c1-25(33)10-11-26(2)17(14-25)4-5-18-19-6-7-21(27(19,3)9-8-20(18)26)23(32)16-31-24-22(15-30-31)28-12-13-29-24/h12-13,15,17-21,33H,4-11,14,16H2,1-3H3/t17-,18+,19+,20+,21-,25-,26+,27+/m1/s1. The summed E-state index contributed by atoms with van der Waals surface area (Å²) >= 11 is 0. The maximum absolute atomic E-state index is 13.6. The Balaban J connectivity index is 1.22. The Hall–Kier alpha value is -1.82. The molecule has 2 aromatic heterocycles. The van der Waals surface area contributed by atoms with E-state index in [1.807, 2.05) is 6.92 Å². The molecule has 0 spiro atoms. The molecule has 6 nitrogen and oxygen atoms in total. The van der Waals surface area contributed by atoms with E-state index in [0.717, 1.165) is 49.5 Å². The third-order valence-corrected chi connectivity index (χ3v) is 10.9. The van der Waals surface area contributed by atoms with Crippen molar-refractivity contribution in [3.63, 3.8) is 0 Å². The average Bonchev–Trinajstić information content (AvgIpc) is 3.35. The summed E-state index contributed by atoms with van der Waals surface area (Å²) in [5.41, 5.74) is 1.44. The highest BCUT2D eigenvalue weighted by Crippen LogP contribution is 2.68. The van der Waals surface area contributed by atoms with Gasteiger partial charge in [-0.25, -0.2) is 14.6 Å². The number of aliphatic hydroxyl groups is 1. The molecule has 0 aliphatic heterocycles. The van der Waals surface area contributed by atoms with E-state index in [2.05, 4.69) is 28.9 Å². The van der Waals surface area contributed by atoms with Crippen LogP contribution in [0.15, 0.2) is 18.6 Å². The highest BCUT2D eigenvalue weighted by molar-refractivity contribution is 5.83. The minimum absolute atomic E-state index is 0.107. The van der Waals surface area contributed by atoms with Crippen LogP contribution < -0.4 is 0 Å². The fourth-order valence-electron chi connectivity index (χ4n) is 9.14. The first-order valence-electron chi connectivity index (χ1n) is 13.1. The molecule has 0 amide bonds. The van der Waals surface area contributed by atoms with Crippen molar-refractivity contribution in [3.05, 3.63) is 18.6 Å². The monoisotopic (exact) mass is 450 g/mol. The smallest absolute Gasteiger partial charge is 0.177 e. The molecule has 1 N–H and O–H groups in total. The zero-order valence-electron chi connectivity index (χ0n) is 20.3. The van der Waals surface area contributed by atoms with Crippen LogP contribution in [0.2, 0.25) is 0 Å². The van der Waals surface area contributed by atoms with Crippen molar-refractivity contribution in [2.45, 2.75) is 90.7 Å². The van der Waals surface area contributed by atoms with Gasteiger partial charge in [0.1, 0.15) is 12.1 Å². The van der Waals surface area contributed by atoms with E-state index in [4.69, 9.17) is 0 Å². The lowest BCUT2D eigenvalue weighted by atomic mass is 9.44. The molecule has 4 aliphatic carbocycles. The number of carbonyl (C=O) groups is 1. The van der Waals surface area contributed by atoms with Crippen molar-refractivity contribution in [2.24, 2.45) is 40.4 Å². The SMILES string of the molecule is C[C@@]1(O)CC[C@@]2(C)[C@H](CC[C@@H]3[C@@H]2CC[C@]2(C)[C@@H](C(=O)Cn4ncc5nccnc54)CC[C@@H]32)C1. The molecule has 0 aromatic carbocycles. The number of hydrogen-bond acceptors (Lipinski definition) is 5. The largest absolute Gasteiger partial charge is 0.390 e. The Morgan fingerprint density at radius 1 is 1.00 bits per heavy atom. The number of carbonyl (C=O) groups excluding carboxylic acids is 1. The third-order valence-electron chi connectivity index (χ3n) is 10.9. The molecule has 4 saturated carbocycles. The quantitative estimate of drug-likeness (QED) is 0.726. The molecular formula is C27H38N4O2. The molecule has 6 rings (SSSR count). The van der Waals surface area contributed by atoms with Gasteiger partial charge in [-0.15, -0.1) is 0 Å². The van der Waals surface area contributed by atoms with E-state index in [9.17, 15) is 9.90 Å². The van der Waals surface area contributed by atoms with Gasteiger partial charge in [0, 0.05) is 18.3 Å². The fourth-order valence-corrected chi connectivity index (χ4v) is 9.14. The van der Waals surface area contributed by atoms with Gasteiger partial charge in [-0.05, 0) is 99.2 Å². The summed E-state index contributed by atoms with van der Waals surface area (Å²) in [6.07, 6.45) is 15.2. The van der Waals surface area contributed by atoms with Gasteiger partial charge in [-0.2, -0.15) is 5.10 Å². The van der Waals surface area contributed by atoms with E-state index in [-0.39, 0.29) is 11.3 Å². The third kappa shape index (κ3) is 3.23. The summed E-state index contributed by atoms with van der Waals surface area (Å²) < 4.78 is 1.74. The lowest BCUT2D eigenvalue weighted by molar-refractivity contribution is -0.151. The van der Waals surface area contributed by atoms with E-state index >= 15 is 0 Å². The fraction of sp³-hybridized carbons (Fsp3) is 0.778. The van der Waals surface area contributed by atoms with Gasteiger partial charge >= 0.3 is 0 Å². The lowest BCUT2D eigenvalue weighted by Crippen LogP contribution is -2.55. The van der Waals surface area contributed by atoms with Crippen molar-refractivity contribution in [1.29, 1.82) is 0 Å². The molecule has 0 unspecified atom stereocenters. The van der Waals surface area contributed by atoms with Gasteiger partial charge in [0.15, 0.2) is 11.4 Å². The van der Waals surface area contributed by atoms with Gasteiger partial charge in [-0.1, -0.05) is 13.8 Å². The second kappa shape index (κ2) is 7.34. The van der Waals surface area contributed by atoms with Crippen LogP contribution in [-0.2, 0) is 11.3 Å². The van der Waals surface area contributed by atoms with Crippen LogP contribution in [0.3, 0.4) is 0 Å². The summed E-state index contributed by atoms with van der Waals surface area (Å²) in [5, 5.41) is 15.1. The van der Waals surface area contributed by atoms with Crippen LogP contribution in [0.1, 0.15) is 78.6 Å². The summed E-state index contributed by atoms with van der Waals surface area (Å²) in [6, 6.07) is 0. The summed E-state index contributed by atoms with van der Waals surface area (Å²) in [4.78, 5) is 22.3. The number of fused-ring (bicyclic) bond motifs is 6. The Bertz CT molecular complexity index is 1080. The van der Waals surface area contributed by atoms with Crippen LogP contribution in [0.5, 0.6) is 0 Å². The number of nitrogens with zero attached hydrogens (tertiary/aromatic N) is 4. The molecular weight excluding hydrogens is 412 g/mol. The number of Topliss-reactive ketones (excluding diaryl/α,β-unsaturated/α-hetero) is 1. The van der Waals surface area contributed by atoms with Crippen molar-refractivity contribution in [2.75, 3.05) is 0 Å². The van der Waals surface area contributed by atoms with Crippen molar-refractivity contribution in [1.82, 2.24) is 19.7 Å². The molecule has 4 aliphatic rings. The Morgan fingerprint density at radius 2 is 1.79 bits per heavy atom. The van der Waals surface area contributed by atoms with E-state index in [1.54, 1.807) is 23.3 Å². The number of hydrogen-bond donors (Lipinski definition) is 1. The maximum atomic E-state index is 13.6. The molecule has 6 heteroatoms. The predicted octanol–water partition coefficient (Wildman–Crippen LogP) is 4.81. The van der Waals surface area contributed by atoms with Crippen LogP contribution in [0.25, 0.3) is 11.2 Å². The van der Waals surface area contributed by atoms with E-state index < -0.39 is 5.60 Å². The first-order chi connectivity index (χ1) is 15.7. The predicted molar refractivity (Wildman–Crippen MR) is 126 cm³/mol. The van der Waals surface area contributed by atoms with Gasteiger partial charge in [0.2, 0.25) is 0 Å². The Labute approximate surface area is 196 Å². The molecule has 2 aromatic rings. The van der Waals surface area contributed by atoms with Crippen LogP contribution in [-0.4, -0.2) is 36.2 Å². The summed E-state index contributed by atoms with van der Waals surface area (Å²) in [7, 11) is 0. The minimum atomic E-state index is -0.480. The van der Waals surface area contributed by atoms with Crippen LogP contribution in [0.4, 0.5) is 0 Å². The number of rotatable bonds is 3. The Morgan fingerprint density at radius 3 is 2.64 bits per heavy atom. The molecule has 0 bridgehead atoms. The highest BCUT2D eigenvalue weighted by atomic mass is 16.3. The second-order valence-electron chi connectivity index (χ2n) is 12.6. The number of aromatic nitrogens is 4. The van der Waals surface area contributed by atoms with Gasteiger partial charge < -0.3 is 5.11 Å². The summed E-state index contributed by atoms with van der Waals surface area (Å²) in [5.74, 6) is 3.24. The molecule has 178 valence electrons. The molecule has 0 radical (unpaired) electrons. The second-order valence-corrected chi connectivity index (χ2v) is 12.6. The van der Waals surface area contributed by atoms with Gasteiger partial charge in [0.05, 0.1) is 11.8 Å². The lowest BCUT2D eigenvalue weighted by Gasteiger charge is -2.61. The first-order valence-corrected chi connectivity index (χ1v) is 13.1. The van der Waals surface area contributed by atoms with Crippen molar-refractivity contribution >= 4 is 16.9 Å². The zero-order chi connectivity index (χ0) is 23.0. The summed E-state index contributed by atoms with van der Waals surface area (Å²) in [6.45, 7) is 7.30. The maximum Gasteiger partial charge on any atom is 0.177 e. The first kappa shape index (κ1) is 21.7. The van der Waals surface area contributed by atoms with Crippen LogP contribution in [0, 0.1) is 40.4 Å². The molecule has 8 atom stereocenters. The van der Waals surface area contributed by atoms with Gasteiger partial charge in [-0.3, -0.25) is 4.79 Å². The molecule has 0 saturated heterocycles. The van der Waals surface area contributed by atoms with Gasteiger partial charge in [0.25, 0.3) is 0 Å². The average molecular weight is 451 g/mol. The van der Waals surface area contributed by atoms with Crippen molar-refractivity contribution in [3.8, 4) is 0 Å². The topological polar surface area (TPSA) is 80.9 Å². The van der Waals surface area contributed by atoms with Crippen LogP contribution >= 0.6 is 0 Å². The molecule has 33 heavy (non-hydrogen) atoms. The minimum Gasteiger partial charge on any atom is -0.390 e. The van der Waals surface area contributed by atoms with E-state index in [1.165, 1.54) is 25.7 Å². The van der Waals surface area contributed by atoms with E-state index in [0.29, 0.717) is 35.2 Å².